The van der Waals surface area contributed by atoms with Gasteiger partial charge in [-0.1, -0.05) is 43.2 Å². The van der Waals surface area contributed by atoms with E-state index in [2.05, 4.69) is 10.2 Å². The highest BCUT2D eigenvalue weighted by molar-refractivity contribution is 5.94. The van der Waals surface area contributed by atoms with Crippen LogP contribution in [0, 0.1) is 11.7 Å². The van der Waals surface area contributed by atoms with Gasteiger partial charge in [-0.2, -0.15) is 0 Å². The van der Waals surface area contributed by atoms with E-state index in [-0.39, 0.29) is 35.5 Å². The van der Waals surface area contributed by atoms with Gasteiger partial charge < -0.3 is 10.2 Å². The average molecular weight is 450 g/mol. The fraction of sp³-hybridized carbons (Fsp3) is 0.481. The Morgan fingerprint density at radius 1 is 0.939 bits per heavy atom. The smallest absolute Gasteiger partial charge is 0.254 e. The van der Waals surface area contributed by atoms with E-state index < -0.39 is 0 Å². The molecule has 174 valence electrons. The minimum absolute atomic E-state index is 0.0580. The van der Waals surface area contributed by atoms with Gasteiger partial charge in [0.05, 0.1) is 6.54 Å². The zero-order valence-corrected chi connectivity index (χ0v) is 19.0. The second kappa shape index (κ2) is 9.64. The molecule has 2 heterocycles. The van der Waals surface area contributed by atoms with Gasteiger partial charge in [0.15, 0.2) is 0 Å². The number of nitrogens with one attached hydrogen (secondary N) is 1. The largest absolute Gasteiger partial charge is 0.352 e. The first-order chi connectivity index (χ1) is 16.1. The third-order valence-electron chi connectivity index (χ3n) is 7.68. The van der Waals surface area contributed by atoms with Gasteiger partial charge in [-0.3, -0.25) is 14.5 Å². The standard InChI is InChI=1S/C27H32FN3O2/c28-21-12-10-19(11-13-21)23-17-31(27(33)20-6-2-1-3-7-20)25-14-15-30(16-24(23)25)18-26(32)29-22-8-4-5-9-22/h1-3,6-7,10-13,22-25H,4-5,8-9,14-18H2,(H,29,32)/t23-,24-,25-/m0/s1. The van der Waals surface area contributed by atoms with Crippen molar-refractivity contribution >= 4 is 11.8 Å². The van der Waals surface area contributed by atoms with Crippen LogP contribution in [0.1, 0.15) is 53.9 Å². The van der Waals surface area contributed by atoms with Gasteiger partial charge in [0.1, 0.15) is 5.82 Å². The molecule has 33 heavy (non-hydrogen) atoms. The number of carbonyl (C=O) groups excluding carboxylic acids is 2. The molecule has 0 unspecified atom stereocenters. The van der Waals surface area contributed by atoms with Crippen LogP contribution in [-0.2, 0) is 4.79 Å². The molecule has 3 aliphatic rings. The van der Waals surface area contributed by atoms with Gasteiger partial charge in [0.2, 0.25) is 5.91 Å². The average Bonchev–Trinajstić information content (AvgIpc) is 3.47. The van der Waals surface area contributed by atoms with Crippen LogP contribution in [0.15, 0.2) is 54.6 Å². The Bertz CT molecular complexity index is 975. The molecule has 1 saturated carbocycles. The Morgan fingerprint density at radius 3 is 2.39 bits per heavy atom. The Kier molecular flexibility index (Phi) is 6.45. The zero-order chi connectivity index (χ0) is 22.8. The minimum Gasteiger partial charge on any atom is -0.352 e. The van der Waals surface area contributed by atoms with E-state index in [4.69, 9.17) is 0 Å². The number of piperidine rings is 1. The monoisotopic (exact) mass is 449 g/mol. The summed E-state index contributed by atoms with van der Waals surface area (Å²) in [5.74, 6) is 0.260. The van der Waals surface area contributed by atoms with Gasteiger partial charge >= 0.3 is 0 Å². The molecule has 0 spiro atoms. The van der Waals surface area contributed by atoms with E-state index in [1.807, 2.05) is 47.4 Å². The Morgan fingerprint density at radius 2 is 1.67 bits per heavy atom. The predicted molar refractivity (Wildman–Crippen MR) is 125 cm³/mol. The number of hydrogen-bond acceptors (Lipinski definition) is 3. The first-order valence-corrected chi connectivity index (χ1v) is 12.2. The van der Waals surface area contributed by atoms with E-state index in [0.717, 1.165) is 37.9 Å². The molecule has 0 aromatic heterocycles. The topological polar surface area (TPSA) is 52.7 Å². The highest BCUT2D eigenvalue weighted by Gasteiger charge is 2.47. The summed E-state index contributed by atoms with van der Waals surface area (Å²) in [6.07, 6.45) is 5.41. The number of nitrogens with zero attached hydrogens (tertiary/aromatic N) is 2. The maximum absolute atomic E-state index is 13.6. The zero-order valence-electron chi connectivity index (χ0n) is 19.0. The first-order valence-electron chi connectivity index (χ1n) is 12.2. The molecule has 0 bridgehead atoms. The quantitative estimate of drug-likeness (QED) is 0.755. The summed E-state index contributed by atoms with van der Waals surface area (Å²) in [4.78, 5) is 30.3. The number of carbonyl (C=O) groups is 2. The van der Waals surface area contributed by atoms with Crippen LogP contribution in [0.5, 0.6) is 0 Å². The number of rotatable bonds is 5. The lowest BCUT2D eigenvalue weighted by molar-refractivity contribution is -0.123. The van der Waals surface area contributed by atoms with Crippen molar-refractivity contribution in [1.29, 1.82) is 0 Å². The minimum atomic E-state index is -0.251. The molecule has 3 atom stereocenters. The van der Waals surface area contributed by atoms with Gasteiger partial charge in [0.25, 0.3) is 5.91 Å². The number of halogens is 1. The molecular formula is C27H32FN3O2. The number of hydrogen-bond donors (Lipinski definition) is 1. The predicted octanol–water partition coefficient (Wildman–Crippen LogP) is 3.81. The molecule has 5 nitrogen and oxygen atoms in total. The highest BCUT2D eigenvalue weighted by atomic mass is 19.1. The van der Waals surface area contributed by atoms with Gasteiger partial charge in [-0.05, 0) is 49.1 Å². The normalized spacial score (nSPS) is 25.7. The van der Waals surface area contributed by atoms with Crippen molar-refractivity contribution in [2.45, 2.75) is 50.1 Å². The number of likely N-dealkylation sites (tertiary alicyclic amines) is 2. The molecule has 2 saturated heterocycles. The van der Waals surface area contributed by atoms with Gasteiger partial charge in [0, 0.05) is 49.1 Å². The van der Waals surface area contributed by atoms with Gasteiger partial charge in [-0.15, -0.1) is 0 Å². The van der Waals surface area contributed by atoms with Crippen molar-refractivity contribution in [2.24, 2.45) is 5.92 Å². The fourth-order valence-corrected chi connectivity index (χ4v) is 6.04. The molecule has 1 N–H and O–H groups in total. The van der Waals surface area contributed by atoms with Crippen LogP contribution in [0.3, 0.4) is 0 Å². The van der Waals surface area contributed by atoms with E-state index in [0.29, 0.717) is 24.7 Å². The summed E-state index contributed by atoms with van der Waals surface area (Å²) in [7, 11) is 0. The lowest BCUT2D eigenvalue weighted by Crippen LogP contribution is -2.51. The molecule has 2 aromatic rings. The summed E-state index contributed by atoms with van der Waals surface area (Å²) in [5.41, 5.74) is 1.77. The van der Waals surface area contributed by atoms with Crippen molar-refractivity contribution in [3.63, 3.8) is 0 Å². The van der Waals surface area contributed by atoms with E-state index in [1.165, 1.54) is 25.0 Å². The lowest BCUT2D eigenvalue weighted by Gasteiger charge is -2.38. The van der Waals surface area contributed by atoms with Crippen molar-refractivity contribution in [3.05, 3.63) is 71.5 Å². The summed E-state index contributed by atoms with van der Waals surface area (Å²) < 4.78 is 13.6. The van der Waals surface area contributed by atoms with E-state index in [9.17, 15) is 14.0 Å². The molecule has 3 fully saturated rings. The van der Waals surface area contributed by atoms with Crippen molar-refractivity contribution in [2.75, 3.05) is 26.2 Å². The second-order valence-corrected chi connectivity index (χ2v) is 9.79. The number of fused-ring (bicyclic) bond motifs is 1. The van der Waals surface area contributed by atoms with Crippen LogP contribution >= 0.6 is 0 Å². The maximum atomic E-state index is 13.6. The SMILES string of the molecule is O=C(CN1CC[C@H]2[C@@H](C1)[C@H](c1ccc(F)cc1)CN2C(=O)c1ccccc1)NC1CCCC1. The third-order valence-corrected chi connectivity index (χ3v) is 7.68. The molecule has 0 radical (unpaired) electrons. The molecule has 6 heteroatoms. The summed E-state index contributed by atoms with van der Waals surface area (Å²) >= 11 is 0. The van der Waals surface area contributed by atoms with Crippen molar-refractivity contribution < 1.29 is 14.0 Å². The number of amides is 2. The van der Waals surface area contributed by atoms with Crippen LogP contribution in [0.4, 0.5) is 4.39 Å². The summed E-state index contributed by atoms with van der Waals surface area (Å²) in [6, 6.07) is 16.6. The molecule has 1 aliphatic carbocycles. The van der Waals surface area contributed by atoms with E-state index in [1.54, 1.807) is 0 Å². The molecule has 2 aromatic carbocycles. The molecule has 5 rings (SSSR count). The first kappa shape index (κ1) is 22.1. The Balaban J connectivity index is 1.33. The summed E-state index contributed by atoms with van der Waals surface area (Å²) in [5, 5.41) is 3.20. The molecule has 2 aliphatic heterocycles. The lowest BCUT2D eigenvalue weighted by atomic mass is 9.82. The Hall–Kier alpha value is -2.73. The number of benzene rings is 2. The third kappa shape index (κ3) is 4.81. The second-order valence-electron chi connectivity index (χ2n) is 9.79. The maximum Gasteiger partial charge on any atom is 0.254 e. The fourth-order valence-electron chi connectivity index (χ4n) is 6.04. The molecule has 2 amide bonds. The van der Waals surface area contributed by atoms with Gasteiger partial charge in [-0.25, -0.2) is 4.39 Å². The van der Waals surface area contributed by atoms with Crippen molar-refractivity contribution in [3.8, 4) is 0 Å². The van der Waals surface area contributed by atoms with Crippen LogP contribution in [0.25, 0.3) is 0 Å². The molecular weight excluding hydrogens is 417 g/mol. The van der Waals surface area contributed by atoms with Crippen molar-refractivity contribution in [1.82, 2.24) is 15.1 Å². The van der Waals surface area contributed by atoms with Crippen LogP contribution in [0.2, 0.25) is 0 Å². The van der Waals surface area contributed by atoms with E-state index >= 15 is 0 Å². The van der Waals surface area contributed by atoms with Crippen LogP contribution in [-0.4, -0.2) is 59.9 Å². The highest BCUT2D eigenvalue weighted by Crippen LogP contribution is 2.42. The van der Waals surface area contributed by atoms with Crippen LogP contribution < -0.4 is 5.32 Å². The Labute approximate surface area is 195 Å². The summed E-state index contributed by atoms with van der Waals surface area (Å²) in [6.45, 7) is 2.59.